The normalized spacial score (nSPS) is 10.9. The van der Waals surface area contributed by atoms with Gasteiger partial charge in [-0.05, 0) is 47.0 Å². The van der Waals surface area contributed by atoms with Gasteiger partial charge in [-0.2, -0.15) is 0 Å². The lowest BCUT2D eigenvalue weighted by atomic mass is 10.0. The summed E-state index contributed by atoms with van der Waals surface area (Å²) in [6, 6.07) is 21.3. The Bertz CT molecular complexity index is 1740. The molecule has 5 N–H and O–H groups in total. The van der Waals surface area contributed by atoms with Crippen LogP contribution in [-0.4, -0.2) is 20.8 Å². The molecule has 10 heteroatoms. The van der Waals surface area contributed by atoms with Crippen LogP contribution in [0.1, 0.15) is 21.5 Å². The minimum atomic E-state index is -1.02. The van der Waals surface area contributed by atoms with Crippen molar-refractivity contribution in [2.45, 2.75) is 13.1 Å². The highest BCUT2D eigenvalue weighted by atomic mass is 19.1. The van der Waals surface area contributed by atoms with Crippen LogP contribution in [0.2, 0.25) is 0 Å². The van der Waals surface area contributed by atoms with Gasteiger partial charge in [-0.15, -0.1) is 4.73 Å². The van der Waals surface area contributed by atoms with Gasteiger partial charge in [0.15, 0.2) is 5.65 Å². The van der Waals surface area contributed by atoms with Gasteiger partial charge < -0.3 is 21.6 Å². The molecular weight excluding hydrogens is 504 g/mol. The van der Waals surface area contributed by atoms with Crippen LogP contribution in [0.15, 0.2) is 89.9 Å². The average molecular weight is 528 g/mol. The fraction of sp³-hybridized carbons (Fsp3) is 0.0690. The molecule has 0 aliphatic heterocycles. The van der Waals surface area contributed by atoms with E-state index in [-0.39, 0.29) is 23.4 Å². The number of hydrogen-bond donors (Lipinski definition) is 4. The molecule has 5 aromatic rings. The third-order valence-electron chi connectivity index (χ3n) is 6.27. The predicted molar refractivity (Wildman–Crippen MR) is 144 cm³/mol. The van der Waals surface area contributed by atoms with Crippen LogP contribution < -0.4 is 21.9 Å². The molecule has 0 bridgehead atoms. The van der Waals surface area contributed by atoms with Crippen molar-refractivity contribution in [1.82, 2.24) is 15.0 Å². The fourth-order valence-electron chi connectivity index (χ4n) is 4.20. The minimum absolute atomic E-state index is 0.0288. The zero-order chi connectivity index (χ0) is 27.5. The largest absolute Gasteiger partial charge is 0.423 e. The van der Waals surface area contributed by atoms with Crippen molar-refractivity contribution in [2.75, 3.05) is 5.32 Å². The summed E-state index contributed by atoms with van der Waals surface area (Å²) < 4.78 is 27.6. The maximum atomic E-state index is 14.1. The SMILES string of the molecule is NCc1ccc(-c2ccc(Nc3c(C(=O)NCc4ccc(F)cc4F)c(=O)n(O)c4ncccc34)cc2)cc1. The van der Waals surface area contributed by atoms with Gasteiger partial charge in [-0.1, -0.05) is 42.5 Å². The maximum absolute atomic E-state index is 14.1. The van der Waals surface area contributed by atoms with Gasteiger partial charge in [0.05, 0.1) is 5.69 Å². The topological polar surface area (TPSA) is 122 Å². The maximum Gasteiger partial charge on any atom is 0.299 e. The van der Waals surface area contributed by atoms with Crippen molar-refractivity contribution in [2.24, 2.45) is 5.73 Å². The predicted octanol–water partition coefficient (Wildman–Crippen LogP) is 4.71. The summed E-state index contributed by atoms with van der Waals surface area (Å²) in [5.74, 6) is -2.46. The lowest BCUT2D eigenvalue weighted by molar-refractivity contribution is 0.0944. The molecule has 1 amide bonds. The molecular formula is C29H23F2N5O3. The number of rotatable bonds is 7. The lowest BCUT2D eigenvalue weighted by Crippen LogP contribution is -2.34. The Morgan fingerprint density at radius 1 is 0.974 bits per heavy atom. The second kappa shape index (κ2) is 10.7. The fourth-order valence-corrected chi connectivity index (χ4v) is 4.20. The van der Waals surface area contributed by atoms with Crippen LogP contribution in [0.5, 0.6) is 0 Å². The number of hydrogen-bond acceptors (Lipinski definition) is 6. The van der Waals surface area contributed by atoms with E-state index in [2.05, 4.69) is 15.6 Å². The van der Waals surface area contributed by atoms with Gasteiger partial charge in [-0.25, -0.2) is 13.8 Å². The third kappa shape index (κ3) is 5.18. The van der Waals surface area contributed by atoms with Crippen LogP contribution >= 0.6 is 0 Å². The molecule has 5 rings (SSSR count). The average Bonchev–Trinajstić information content (AvgIpc) is 2.96. The van der Waals surface area contributed by atoms with Crippen molar-refractivity contribution in [3.63, 3.8) is 0 Å². The van der Waals surface area contributed by atoms with Crippen molar-refractivity contribution in [3.8, 4) is 11.1 Å². The zero-order valence-corrected chi connectivity index (χ0v) is 20.5. The number of amides is 1. The molecule has 196 valence electrons. The summed E-state index contributed by atoms with van der Waals surface area (Å²) >= 11 is 0. The molecule has 0 saturated carbocycles. The molecule has 8 nitrogen and oxygen atoms in total. The van der Waals surface area contributed by atoms with Gasteiger partial charge >= 0.3 is 0 Å². The molecule has 0 fully saturated rings. The molecule has 3 aromatic carbocycles. The number of nitrogens with two attached hydrogens (primary N) is 1. The van der Waals surface area contributed by atoms with E-state index in [9.17, 15) is 23.6 Å². The highest BCUT2D eigenvalue weighted by molar-refractivity contribution is 6.07. The number of fused-ring (bicyclic) bond motifs is 1. The summed E-state index contributed by atoms with van der Waals surface area (Å²) in [6.07, 6.45) is 1.40. The number of nitrogens with one attached hydrogen (secondary N) is 2. The second-order valence-electron chi connectivity index (χ2n) is 8.76. The highest BCUT2D eigenvalue weighted by Gasteiger charge is 2.23. The van der Waals surface area contributed by atoms with Crippen molar-refractivity contribution < 1.29 is 18.8 Å². The second-order valence-corrected chi connectivity index (χ2v) is 8.76. The molecule has 0 radical (unpaired) electrons. The number of carbonyl (C=O) groups excluding carboxylic acids is 1. The molecule has 2 heterocycles. The summed E-state index contributed by atoms with van der Waals surface area (Å²) in [5.41, 5.74) is 7.87. The van der Waals surface area contributed by atoms with Crippen LogP contribution in [0.4, 0.5) is 20.2 Å². The Morgan fingerprint density at radius 3 is 2.33 bits per heavy atom. The Balaban J connectivity index is 1.50. The Labute approximate surface area is 221 Å². The van der Waals surface area contributed by atoms with Crippen LogP contribution in [-0.2, 0) is 13.1 Å². The van der Waals surface area contributed by atoms with Gasteiger partial charge in [0.2, 0.25) is 0 Å². The molecule has 2 aromatic heterocycles. The number of carbonyl (C=O) groups is 1. The van der Waals surface area contributed by atoms with E-state index in [0.29, 0.717) is 28.4 Å². The summed E-state index contributed by atoms with van der Waals surface area (Å²) in [5, 5.41) is 16.4. The summed E-state index contributed by atoms with van der Waals surface area (Å²) in [7, 11) is 0. The quantitative estimate of drug-likeness (QED) is 0.228. The Kier molecular flexibility index (Phi) is 7.02. The first-order valence-corrected chi connectivity index (χ1v) is 12.0. The van der Waals surface area contributed by atoms with Crippen molar-refractivity contribution >= 4 is 28.3 Å². The van der Waals surface area contributed by atoms with Crippen LogP contribution in [0.25, 0.3) is 22.2 Å². The van der Waals surface area contributed by atoms with Gasteiger partial charge in [-0.3, -0.25) is 9.59 Å². The molecule has 0 spiro atoms. The van der Waals surface area contributed by atoms with Crippen molar-refractivity contribution in [3.05, 3.63) is 124 Å². The number of halogens is 2. The van der Waals surface area contributed by atoms with Crippen LogP contribution in [0.3, 0.4) is 0 Å². The van der Waals surface area contributed by atoms with E-state index in [1.807, 2.05) is 36.4 Å². The molecule has 0 unspecified atom stereocenters. The van der Waals surface area contributed by atoms with E-state index < -0.39 is 28.7 Å². The van der Waals surface area contributed by atoms with Gasteiger partial charge in [0, 0.05) is 42.0 Å². The van der Waals surface area contributed by atoms with Gasteiger partial charge in [0.25, 0.3) is 11.5 Å². The van der Waals surface area contributed by atoms with Crippen LogP contribution in [0, 0.1) is 11.6 Å². The molecule has 0 atom stereocenters. The van der Waals surface area contributed by atoms with Gasteiger partial charge in [0.1, 0.15) is 17.2 Å². The number of benzene rings is 3. The molecule has 0 aliphatic carbocycles. The Hall–Kier alpha value is -5.09. The van der Waals surface area contributed by atoms with E-state index in [4.69, 9.17) is 5.73 Å². The molecule has 39 heavy (non-hydrogen) atoms. The first-order chi connectivity index (χ1) is 18.9. The minimum Gasteiger partial charge on any atom is -0.423 e. The summed E-state index contributed by atoms with van der Waals surface area (Å²) in [6.45, 7) is 0.144. The standard InChI is InChI=1S/C29H23F2N5O3/c30-21-10-7-20(24(31)14-21)16-34-28(37)25-26(23-2-1-13-33-27(23)36(39)29(25)38)35-22-11-8-19(9-12-22)18-5-3-17(15-32)4-6-18/h1-14,35,39H,15-16,32H2,(H,34,37). The van der Waals surface area contributed by atoms with E-state index in [1.54, 1.807) is 24.3 Å². The van der Waals surface area contributed by atoms with E-state index in [0.717, 1.165) is 22.8 Å². The number of nitrogens with zero attached hydrogens (tertiary/aromatic N) is 2. The number of aromatic nitrogens is 2. The number of anilines is 2. The highest BCUT2D eigenvalue weighted by Crippen LogP contribution is 2.29. The first kappa shape index (κ1) is 25.6. The Morgan fingerprint density at radius 2 is 1.67 bits per heavy atom. The zero-order valence-electron chi connectivity index (χ0n) is 20.5. The van der Waals surface area contributed by atoms with E-state index >= 15 is 0 Å². The smallest absolute Gasteiger partial charge is 0.299 e. The lowest BCUT2D eigenvalue weighted by Gasteiger charge is -2.16. The summed E-state index contributed by atoms with van der Waals surface area (Å²) in [4.78, 5) is 30.4. The van der Waals surface area contributed by atoms with E-state index in [1.165, 1.54) is 12.3 Å². The van der Waals surface area contributed by atoms with Crippen molar-refractivity contribution in [1.29, 1.82) is 0 Å². The molecule has 0 saturated heterocycles. The molecule has 0 aliphatic rings. The first-order valence-electron chi connectivity index (χ1n) is 12.0. The number of pyridine rings is 2. The monoisotopic (exact) mass is 527 g/mol. The third-order valence-corrected chi connectivity index (χ3v) is 6.27.